The predicted octanol–water partition coefficient (Wildman–Crippen LogP) is 4.22. The molecule has 0 radical (unpaired) electrons. The number of hydrogen-bond acceptors (Lipinski definition) is 4. The molecule has 0 spiro atoms. The maximum atomic E-state index is 6.15. The standard InChI is InChI=1S/C13H10Cl2N4S/c1-7-3-4-20-11(7)13-17-12(18-19(13)2)10-8(14)5-16-6-9(10)15/h3-6H,1-2H3. The maximum Gasteiger partial charge on any atom is 0.184 e. The number of aromatic nitrogens is 4. The van der Waals surface area contributed by atoms with Crippen LogP contribution in [0.3, 0.4) is 0 Å². The molecular formula is C13H10Cl2N4S. The molecule has 0 aliphatic rings. The van der Waals surface area contributed by atoms with Gasteiger partial charge in [0.05, 0.1) is 20.5 Å². The van der Waals surface area contributed by atoms with E-state index in [0.717, 1.165) is 10.7 Å². The highest BCUT2D eigenvalue weighted by molar-refractivity contribution is 7.13. The first kappa shape index (κ1) is 13.5. The molecule has 3 aromatic rings. The third kappa shape index (κ3) is 2.22. The lowest BCUT2D eigenvalue weighted by molar-refractivity contribution is 0.778. The molecule has 0 fully saturated rings. The molecule has 3 aromatic heterocycles. The minimum atomic E-state index is 0.442. The Morgan fingerprint density at radius 1 is 1.20 bits per heavy atom. The normalized spacial score (nSPS) is 11.0. The van der Waals surface area contributed by atoms with Crippen LogP contribution in [0.2, 0.25) is 10.0 Å². The van der Waals surface area contributed by atoms with Gasteiger partial charge in [0.25, 0.3) is 0 Å². The molecule has 7 heteroatoms. The van der Waals surface area contributed by atoms with Gasteiger partial charge in [-0.2, -0.15) is 5.10 Å². The lowest BCUT2D eigenvalue weighted by Crippen LogP contribution is -1.94. The molecule has 20 heavy (non-hydrogen) atoms. The van der Waals surface area contributed by atoms with E-state index in [1.165, 1.54) is 18.0 Å². The second kappa shape index (κ2) is 5.16. The van der Waals surface area contributed by atoms with Gasteiger partial charge in [0.1, 0.15) is 0 Å². The molecule has 0 amide bonds. The lowest BCUT2D eigenvalue weighted by atomic mass is 10.2. The zero-order valence-electron chi connectivity index (χ0n) is 10.8. The van der Waals surface area contributed by atoms with Gasteiger partial charge in [-0.25, -0.2) is 9.67 Å². The van der Waals surface area contributed by atoms with Gasteiger partial charge in [0.15, 0.2) is 11.6 Å². The molecular weight excluding hydrogens is 315 g/mol. The van der Waals surface area contributed by atoms with Crippen molar-refractivity contribution >= 4 is 34.5 Å². The quantitative estimate of drug-likeness (QED) is 0.708. The Bertz CT molecular complexity index is 758. The van der Waals surface area contributed by atoms with Gasteiger partial charge in [0.2, 0.25) is 0 Å². The van der Waals surface area contributed by atoms with Gasteiger partial charge < -0.3 is 0 Å². The zero-order valence-corrected chi connectivity index (χ0v) is 13.1. The summed E-state index contributed by atoms with van der Waals surface area (Å²) in [4.78, 5) is 9.60. The van der Waals surface area contributed by atoms with E-state index in [1.807, 2.05) is 19.4 Å². The monoisotopic (exact) mass is 324 g/mol. The van der Waals surface area contributed by atoms with Crippen molar-refractivity contribution in [1.29, 1.82) is 0 Å². The van der Waals surface area contributed by atoms with E-state index in [4.69, 9.17) is 23.2 Å². The summed E-state index contributed by atoms with van der Waals surface area (Å²) in [6, 6.07) is 2.06. The number of rotatable bonds is 2. The van der Waals surface area contributed by atoms with Crippen LogP contribution in [0.5, 0.6) is 0 Å². The molecule has 4 nitrogen and oxygen atoms in total. The van der Waals surface area contributed by atoms with Crippen LogP contribution < -0.4 is 0 Å². The fraction of sp³-hybridized carbons (Fsp3) is 0.154. The molecule has 0 aromatic carbocycles. The molecule has 0 unspecified atom stereocenters. The van der Waals surface area contributed by atoms with E-state index in [0.29, 0.717) is 21.4 Å². The smallest absolute Gasteiger partial charge is 0.184 e. The Morgan fingerprint density at radius 3 is 2.50 bits per heavy atom. The summed E-state index contributed by atoms with van der Waals surface area (Å²) in [7, 11) is 1.86. The van der Waals surface area contributed by atoms with E-state index >= 15 is 0 Å². The number of nitrogens with zero attached hydrogens (tertiary/aromatic N) is 4. The average Bonchev–Trinajstić information content (AvgIpc) is 2.95. The molecule has 102 valence electrons. The summed E-state index contributed by atoms with van der Waals surface area (Å²) in [5.74, 6) is 1.31. The van der Waals surface area contributed by atoms with Crippen LogP contribution in [-0.2, 0) is 7.05 Å². The molecule has 3 rings (SSSR count). The Kier molecular flexibility index (Phi) is 3.50. The van der Waals surface area contributed by atoms with Crippen LogP contribution in [0.15, 0.2) is 23.8 Å². The number of hydrogen-bond donors (Lipinski definition) is 0. The first-order valence-corrected chi connectivity index (χ1v) is 7.46. The highest BCUT2D eigenvalue weighted by atomic mass is 35.5. The number of thiophene rings is 1. The summed E-state index contributed by atoms with van der Waals surface area (Å²) in [5, 5.41) is 7.33. The average molecular weight is 325 g/mol. The van der Waals surface area contributed by atoms with Crippen LogP contribution in [0.4, 0.5) is 0 Å². The van der Waals surface area contributed by atoms with Gasteiger partial charge in [-0.1, -0.05) is 23.2 Å². The van der Waals surface area contributed by atoms with E-state index in [1.54, 1.807) is 16.0 Å². The van der Waals surface area contributed by atoms with E-state index < -0.39 is 0 Å². The number of pyridine rings is 1. The first-order valence-electron chi connectivity index (χ1n) is 5.83. The predicted molar refractivity (Wildman–Crippen MR) is 82.3 cm³/mol. The Balaban J connectivity index is 2.17. The molecule has 0 saturated heterocycles. The van der Waals surface area contributed by atoms with Crippen molar-refractivity contribution in [3.05, 3.63) is 39.4 Å². The van der Waals surface area contributed by atoms with Gasteiger partial charge in [-0.05, 0) is 23.9 Å². The molecule has 0 saturated carbocycles. The Hall–Kier alpha value is -1.43. The summed E-state index contributed by atoms with van der Waals surface area (Å²) < 4.78 is 1.74. The minimum absolute atomic E-state index is 0.442. The Labute approximate surface area is 130 Å². The summed E-state index contributed by atoms with van der Waals surface area (Å²) >= 11 is 13.9. The van der Waals surface area contributed by atoms with Crippen molar-refractivity contribution in [2.75, 3.05) is 0 Å². The largest absolute Gasteiger partial charge is 0.262 e. The molecule has 0 bridgehead atoms. The third-order valence-corrected chi connectivity index (χ3v) is 4.49. The fourth-order valence-corrected chi connectivity index (χ4v) is 3.39. The van der Waals surface area contributed by atoms with E-state index in [9.17, 15) is 0 Å². The van der Waals surface area contributed by atoms with Crippen LogP contribution in [-0.4, -0.2) is 19.7 Å². The van der Waals surface area contributed by atoms with Crippen molar-refractivity contribution < 1.29 is 0 Å². The second-order valence-electron chi connectivity index (χ2n) is 4.29. The van der Waals surface area contributed by atoms with Crippen LogP contribution in [0.25, 0.3) is 22.1 Å². The van der Waals surface area contributed by atoms with Crippen molar-refractivity contribution in [2.24, 2.45) is 7.05 Å². The van der Waals surface area contributed by atoms with Gasteiger partial charge in [0, 0.05) is 19.4 Å². The molecule has 0 aliphatic heterocycles. The minimum Gasteiger partial charge on any atom is -0.262 e. The maximum absolute atomic E-state index is 6.15. The van der Waals surface area contributed by atoms with Crippen molar-refractivity contribution in [3.8, 4) is 22.1 Å². The van der Waals surface area contributed by atoms with Crippen LogP contribution in [0.1, 0.15) is 5.56 Å². The summed E-state index contributed by atoms with van der Waals surface area (Å²) in [5.41, 5.74) is 1.78. The molecule has 0 N–H and O–H groups in total. The fourth-order valence-electron chi connectivity index (χ4n) is 1.91. The van der Waals surface area contributed by atoms with Gasteiger partial charge in [-0.3, -0.25) is 4.98 Å². The highest BCUT2D eigenvalue weighted by Gasteiger charge is 2.18. The summed E-state index contributed by atoms with van der Waals surface area (Å²) in [6.45, 7) is 2.05. The van der Waals surface area contributed by atoms with E-state index in [-0.39, 0.29) is 0 Å². The van der Waals surface area contributed by atoms with Crippen molar-refractivity contribution in [3.63, 3.8) is 0 Å². The van der Waals surface area contributed by atoms with Crippen molar-refractivity contribution in [1.82, 2.24) is 19.7 Å². The van der Waals surface area contributed by atoms with Gasteiger partial charge >= 0.3 is 0 Å². The van der Waals surface area contributed by atoms with Gasteiger partial charge in [-0.15, -0.1) is 11.3 Å². The topological polar surface area (TPSA) is 43.6 Å². The zero-order chi connectivity index (χ0) is 14.3. The lowest BCUT2D eigenvalue weighted by Gasteiger charge is -2.00. The van der Waals surface area contributed by atoms with E-state index in [2.05, 4.69) is 21.1 Å². The number of halogens is 2. The SMILES string of the molecule is Cc1ccsc1-c1nc(-c2c(Cl)cncc2Cl)nn1C. The second-order valence-corrected chi connectivity index (χ2v) is 6.02. The third-order valence-electron chi connectivity index (χ3n) is 2.91. The van der Waals surface area contributed by atoms with Crippen molar-refractivity contribution in [2.45, 2.75) is 6.92 Å². The van der Waals surface area contributed by atoms with Crippen LogP contribution in [0, 0.1) is 6.92 Å². The highest BCUT2D eigenvalue weighted by Crippen LogP contribution is 2.34. The molecule has 0 atom stereocenters. The first-order chi connectivity index (χ1) is 9.58. The molecule has 0 aliphatic carbocycles. The Morgan fingerprint density at radius 2 is 1.90 bits per heavy atom. The molecule has 3 heterocycles. The number of aryl methyl sites for hydroxylation is 2. The van der Waals surface area contributed by atoms with Crippen LogP contribution >= 0.6 is 34.5 Å². The summed E-state index contributed by atoms with van der Waals surface area (Å²) in [6.07, 6.45) is 3.07.